The first-order valence-electron chi connectivity index (χ1n) is 9.50. The Kier molecular flexibility index (Phi) is 4.35. The number of nitrogens with zero attached hydrogens (tertiary/aromatic N) is 5. The van der Waals surface area contributed by atoms with Gasteiger partial charge in [0.2, 0.25) is 5.78 Å². The lowest BCUT2D eigenvalue weighted by atomic mass is 10.1. The minimum atomic E-state index is -0.429. The molecule has 3 heterocycles. The first-order chi connectivity index (χ1) is 14.8. The van der Waals surface area contributed by atoms with Gasteiger partial charge in [0.15, 0.2) is 11.2 Å². The van der Waals surface area contributed by atoms with Crippen LogP contribution in [-0.2, 0) is 14.1 Å². The molecule has 0 bridgehead atoms. The summed E-state index contributed by atoms with van der Waals surface area (Å²) in [5, 5.41) is 1.01. The van der Waals surface area contributed by atoms with Gasteiger partial charge in [0.1, 0.15) is 0 Å². The number of halogens is 2. The lowest BCUT2D eigenvalue weighted by Crippen LogP contribution is -2.37. The van der Waals surface area contributed by atoms with Gasteiger partial charge in [-0.25, -0.2) is 4.79 Å². The highest BCUT2D eigenvalue weighted by Gasteiger charge is 2.22. The number of aryl methyl sites for hydroxylation is 2. The molecule has 9 heteroatoms. The largest absolute Gasteiger partial charge is 0.332 e. The monoisotopic (exact) mass is 453 g/mol. The topological polar surface area (TPSA) is 66.2 Å². The van der Waals surface area contributed by atoms with Gasteiger partial charge < -0.3 is 0 Å². The van der Waals surface area contributed by atoms with E-state index in [1.807, 2.05) is 48.0 Å². The van der Waals surface area contributed by atoms with Crippen molar-refractivity contribution in [2.75, 3.05) is 0 Å². The molecule has 0 N–H and O–H groups in total. The van der Waals surface area contributed by atoms with Crippen molar-refractivity contribution in [1.29, 1.82) is 0 Å². The summed E-state index contributed by atoms with van der Waals surface area (Å²) in [4.78, 5) is 30.1. The van der Waals surface area contributed by atoms with Crippen LogP contribution in [0.25, 0.3) is 33.9 Å². The highest BCUT2D eigenvalue weighted by molar-refractivity contribution is 6.36. The van der Waals surface area contributed by atoms with E-state index in [1.165, 1.54) is 11.6 Å². The van der Waals surface area contributed by atoms with Crippen LogP contribution in [0.4, 0.5) is 0 Å². The average Bonchev–Trinajstić information content (AvgIpc) is 3.27. The van der Waals surface area contributed by atoms with Crippen molar-refractivity contribution in [2.24, 2.45) is 14.1 Å². The van der Waals surface area contributed by atoms with Crippen molar-refractivity contribution in [2.45, 2.75) is 6.92 Å². The van der Waals surface area contributed by atoms with Crippen LogP contribution in [0, 0.1) is 6.92 Å². The SMILES string of the molecule is Cc1cccc(-n2c(-c3ccc(Cl)cc3Cl)cn3c4c(=O)n(C)c(=O)n(C)c4nc23)c1. The molecule has 0 aliphatic rings. The van der Waals surface area contributed by atoms with Crippen LogP contribution in [0.2, 0.25) is 10.0 Å². The molecule has 0 unspecified atom stereocenters. The molecule has 5 rings (SSSR count). The zero-order valence-electron chi connectivity index (χ0n) is 16.9. The molecule has 0 radical (unpaired) electrons. The molecule has 156 valence electrons. The molecule has 0 aliphatic carbocycles. The van der Waals surface area contributed by atoms with Crippen LogP contribution in [0.3, 0.4) is 0 Å². The third-order valence-corrected chi connectivity index (χ3v) is 5.98. The molecule has 7 nitrogen and oxygen atoms in total. The minimum Gasteiger partial charge on any atom is -0.279 e. The van der Waals surface area contributed by atoms with Gasteiger partial charge in [-0.05, 0) is 42.8 Å². The Labute approximate surface area is 186 Å². The van der Waals surface area contributed by atoms with Crippen molar-refractivity contribution in [3.05, 3.63) is 85.1 Å². The predicted octanol–water partition coefficient (Wildman–Crippen LogP) is 3.96. The van der Waals surface area contributed by atoms with E-state index in [4.69, 9.17) is 23.2 Å². The number of fused-ring (bicyclic) bond motifs is 3. The quantitative estimate of drug-likeness (QED) is 0.406. The fraction of sp³-hybridized carbons (Fsp3) is 0.136. The van der Waals surface area contributed by atoms with Crippen LogP contribution in [0.15, 0.2) is 58.3 Å². The van der Waals surface area contributed by atoms with Gasteiger partial charge in [-0.15, -0.1) is 0 Å². The summed E-state index contributed by atoms with van der Waals surface area (Å²) in [6.07, 6.45) is 1.81. The lowest BCUT2D eigenvalue weighted by Gasteiger charge is -2.11. The molecule has 2 aromatic carbocycles. The zero-order chi connectivity index (χ0) is 22.0. The van der Waals surface area contributed by atoms with Crippen LogP contribution in [-0.4, -0.2) is 23.1 Å². The van der Waals surface area contributed by atoms with Crippen LogP contribution < -0.4 is 11.2 Å². The summed E-state index contributed by atoms with van der Waals surface area (Å²) in [6.45, 7) is 2.00. The zero-order valence-corrected chi connectivity index (χ0v) is 18.4. The predicted molar refractivity (Wildman–Crippen MR) is 123 cm³/mol. The van der Waals surface area contributed by atoms with E-state index in [9.17, 15) is 9.59 Å². The number of rotatable bonds is 2. The smallest absolute Gasteiger partial charge is 0.279 e. The van der Waals surface area contributed by atoms with Gasteiger partial charge >= 0.3 is 5.69 Å². The fourth-order valence-corrected chi connectivity index (χ4v) is 4.39. The maximum absolute atomic E-state index is 13.0. The minimum absolute atomic E-state index is 0.317. The third-order valence-electron chi connectivity index (χ3n) is 5.43. The molecule has 0 atom stereocenters. The second kappa shape index (κ2) is 6.87. The molecule has 0 saturated carbocycles. The molecule has 0 amide bonds. The van der Waals surface area contributed by atoms with Gasteiger partial charge in [0, 0.05) is 36.6 Å². The summed E-state index contributed by atoms with van der Waals surface area (Å²) < 4.78 is 6.08. The van der Waals surface area contributed by atoms with Gasteiger partial charge in [-0.2, -0.15) is 4.98 Å². The molecule has 0 spiro atoms. The first-order valence-corrected chi connectivity index (χ1v) is 10.3. The maximum Gasteiger partial charge on any atom is 0.332 e. The van der Waals surface area contributed by atoms with Crippen molar-refractivity contribution in [1.82, 2.24) is 23.1 Å². The van der Waals surface area contributed by atoms with E-state index in [-0.39, 0.29) is 0 Å². The Morgan fingerprint density at radius 1 is 0.968 bits per heavy atom. The Morgan fingerprint density at radius 2 is 1.74 bits per heavy atom. The molecular weight excluding hydrogens is 437 g/mol. The Balaban J connectivity index is 1.99. The number of hydrogen-bond donors (Lipinski definition) is 0. The van der Waals surface area contributed by atoms with Gasteiger partial charge in [0.05, 0.1) is 10.7 Å². The summed E-state index contributed by atoms with van der Waals surface area (Å²) in [5.74, 6) is 0.500. The second-order valence-corrected chi connectivity index (χ2v) is 8.32. The van der Waals surface area contributed by atoms with Crippen LogP contribution in [0.5, 0.6) is 0 Å². The molecular formula is C22H17Cl2N5O2. The van der Waals surface area contributed by atoms with E-state index in [1.54, 1.807) is 23.6 Å². The van der Waals surface area contributed by atoms with E-state index in [2.05, 4.69) is 4.98 Å². The second-order valence-electron chi connectivity index (χ2n) is 7.47. The van der Waals surface area contributed by atoms with E-state index >= 15 is 0 Å². The van der Waals surface area contributed by atoms with E-state index < -0.39 is 11.2 Å². The van der Waals surface area contributed by atoms with Gasteiger partial charge in [-0.1, -0.05) is 35.3 Å². The lowest BCUT2D eigenvalue weighted by molar-refractivity contribution is 0.708. The number of hydrogen-bond acceptors (Lipinski definition) is 3. The molecule has 0 aliphatic heterocycles. The number of aromatic nitrogens is 5. The Bertz CT molecular complexity index is 1640. The fourth-order valence-electron chi connectivity index (χ4n) is 3.88. The van der Waals surface area contributed by atoms with Crippen molar-refractivity contribution >= 4 is 40.1 Å². The highest BCUT2D eigenvalue weighted by Crippen LogP contribution is 2.34. The maximum atomic E-state index is 13.0. The van der Waals surface area contributed by atoms with Crippen LogP contribution >= 0.6 is 23.2 Å². The van der Waals surface area contributed by atoms with Crippen molar-refractivity contribution < 1.29 is 0 Å². The van der Waals surface area contributed by atoms with Crippen molar-refractivity contribution in [3.8, 4) is 16.9 Å². The Morgan fingerprint density at radius 3 is 2.45 bits per heavy atom. The standard InChI is InChI=1S/C22H17Cl2N5O2/c1-12-5-4-6-14(9-12)29-17(15-8-7-13(23)10-16(15)24)11-28-18-19(25-21(28)29)26(2)22(31)27(3)20(18)30/h4-11H,1-3H3. The Hall–Kier alpha value is -3.29. The highest BCUT2D eigenvalue weighted by atomic mass is 35.5. The summed E-state index contributed by atoms with van der Waals surface area (Å²) >= 11 is 12.6. The number of imidazole rings is 2. The van der Waals surface area contributed by atoms with E-state index in [0.29, 0.717) is 27.0 Å². The van der Waals surface area contributed by atoms with Gasteiger partial charge in [-0.3, -0.25) is 22.9 Å². The summed E-state index contributed by atoms with van der Waals surface area (Å²) in [5.41, 5.74) is 3.20. The van der Waals surface area contributed by atoms with E-state index in [0.717, 1.165) is 27.1 Å². The molecule has 0 saturated heterocycles. The average molecular weight is 454 g/mol. The summed E-state index contributed by atoms with van der Waals surface area (Å²) in [7, 11) is 3.06. The third kappa shape index (κ3) is 2.85. The molecule has 3 aromatic heterocycles. The normalized spacial score (nSPS) is 11.6. The molecule has 5 aromatic rings. The van der Waals surface area contributed by atoms with Crippen LogP contribution in [0.1, 0.15) is 5.56 Å². The number of benzene rings is 2. The van der Waals surface area contributed by atoms with Gasteiger partial charge in [0.25, 0.3) is 5.56 Å². The summed E-state index contributed by atoms with van der Waals surface area (Å²) in [6, 6.07) is 13.2. The molecule has 31 heavy (non-hydrogen) atoms. The first kappa shape index (κ1) is 19.7. The van der Waals surface area contributed by atoms with Crippen molar-refractivity contribution in [3.63, 3.8) is 0 Å². The molecule has 0 fully saturated rings.